The minimum absolute atomic E-state index is 0.0107. The molecule has 0 spiro atoms. The van der Waals surface area contributed by atoms with Crippen molar-refractivity contribution >= 4 is 5.91 Å². The van der Waals surface area contributed by atoms with E-state index in [1.165, 1.54) is 0 Å². The van der Waals surface area contributed by atoms with Gasteiger partial charge >= 0.3 is 0 Å². The fourth-order valence-electron chi connectivity index (χ4n) is 2.12. The van der Waals surface area contributed by atoms with Gasteiger partial charge in [-0.05, 0) is 32.4 Å². The molecule has 2 aromatic heterocycles. The third-order valence-electron chi connectivity index (χ3n) is 3.03. The van der Waals surface area contributed by atoms with Crippen molar-refractivity contribution in [3.63, 3.8) is 0 Å². The molecule has 0 aromatic carbocycles. The van der Waals surface area contributed by atoms with E-state index in [2.05, 4.69) is 32.6 Å². The van der Waals surface area contributed by atoms with Crippen molar-refractivity contribution < 1.29 is 4.79 Å². The molecule has 1 amide bonds. The fourth-order valence-corrected chi connectivity index (χ4v) is 2.12. The quantitative estimate of drug-likeness (QED) is 0.750. The van der Waals surface area contributed by atoms with Crippen molar-refractivity contribution in [1.82, 2.24) is 25.7 Å². The lowest BCUT2D eigenvalue weighted by atomic mass is 10.1. The van der Waals surface area contributed by atoms with Crippen molar-refractivity contribution in [2.24, 2.45) is 0 Å². The molecule has 0 aliphatic carbocycles. The number of aromatic amines is 2. The van der Waals surface area contributed by atoms with Crippen molar-refractivity contribution in [3.8, 4) is 0 Å². The van der Waals surface area contributed by atoms with Gasteiger partial charge in [0.25, 0.3) is 5.91 Å². The number of hydrogen-bond donors (Lipinski definition) is 3. The molecule has 0 saturated heterocycles. The van der Waals surface area contributed by atoms with Gasteiger partial charge in [-0.15, -0.1) is 0 Å². The monoisotopic (exact) mass is 275 g/mol. The highest BCUT2D eigenvalue weighted by Gasteiger charge is 2.14. The van der Waals surface area contributed by atoms with E-state index in [0.29, 0.717) is 12.1 Å². The Balaban J connectivity index is 1.89. The molecule has 2 rings (SSSR count). The molecular weight excluding hydrogens is 254 g/mol. The zero-order chi connectivity index (χ0) is 14.5. The number of nitrogens with zero attached hydrogens (tertiary/aromatic N) is 2. The van der Waals surface area contributed by atoms with Crippen LogP contribution < -0.4 is 5.32 Å². The summed E-state index contributed by atoms with van der Waals surface area (Å²) in [6.45, 7) is 6.01. The van der Waals surface area contributed by atoms with Crippen LogP contribution in [0.4, 0.5) is 0 Å². The van der Waals surface area contributed by atoms with Gasteiger partial charge in [0.1, 0.15) is 5.69 Å². The first kappa shape index (κ1) is 14.3. The predicted octanol–water partition coefficient (Wildman–Crippen LogP) is 1.75. The molecule has 0 fully saturated rings. The summed E-state index contributed by atoms with van der Waals surface area (Å²) in [5.41, 5.74) is 3.41. The summed E-state index contributed by atoms with van der Waals surface area (Å²) in [5, 5.41) is 16.9. The van der Waals surface area contributed by atoms with Crippen molar-refractivity contribution in [2.75, 3.05) is 0 Å². The number of aromatic nitrogens is 4. The van der Waals surface area contributed by atoms with E-state index in [4.69, 9.17) is 0 Å². The van der Waals surface area contributed by atoms with Crippen LogP contribution in [0, 0.1) is 6.92 Å². The number of nitrogens with one attached hydrogen (secondary N) is 3. The van der Waals surface area contributed by atoms with Crippen LogP contribution in [0.3, 0.4) is 0 Å². The van der Waals surface area contributed by atoms with E-state index < -0.39 is 0 Å². The highest BCUT2D eigenvalue weighted by atomic mass is 16.2. The summed E-state index contributed by atoms with van der Waals surface area (Å²) in [6.07, 6.45) is 2.63. The molecule has 1 atom stereocenters. The van der Waals surface area contributed by atoms with E-state index in [9.17, 15) is 4.79 Å². The Morgan fingerprint density at radius 3 is 2.80 bits per heavy atom. The Labute approximate surface area is 118 Å². The summed E-state index contributed by atoms with van der Waals surface area (Å²) in [4.78, 5) is 12.0. The van der Waals surface area contributed by atoms with Gasteiger partial charge in [-0.2, -0.15) is 10.2 Å². The lowest BCUT2D eigenvalue weighted by Gasteiger charge is -2.10. The van der Waals surface area contributed by atoms with E-state index in [1.54, 1.807) is 0 Å². The molecule has 20 heavy (non-hydrogen) atoms. The first-order valence-electron chi connectivity index (χ1n) is 6.94. The zero-order valence-electron chi connectivity index (χ0n) is 12.2. The molecule has 0 aliphatic rings. The second-order valence-electron chi connectivity index (χ2n) is 5.15. The smallest absolute Gasteiger partial charge is 0.271 e. The molecule has 0 aliphatic heterocycles. The van der Waals surface area contributed by atoms with Crippen LogP contribution in [-0.2, 0) is 12.8 Å². The predicted molar refractivity (Wildman–Crippen MR) is 76.5 cm³/mol. The molecule has 3 N–H and O–H groups in total. The van der Waals surface area contributed by atoms with Gasteiger partial charge in [0.15, 0.2) is 0 Å². The average molecular weight is 275 g/mol. The Morgan fingerprint density at radius 2 is 2.15 bits per heavy atom. The maximum absolute atomic E-state index is 12.0. The molecule has 108 valence electrons. The van der Waals surface area contributed by atoms with Crippen LogP contribution in [0.1, 0.15) is 47.8 Å². The molecule has 0 unspecified atom stereocenters. The first-order chi connectivity index (χ1) is 9.58. The van der Waals surface area contributed by atoms with Gasteiger partial charge < -0.3 is 5.32 Å². The van der Waals surface area contributed by atoms with Crippen molar-refractivity contribution in [3.05, 3.63) is 34.9 Å². The van der Waals surface area contributed by atoms with Gasteiger partial charge in [-0.3, -0.25) is 15.0 Å². The van der Waals surface area contributed by atoms with Gasteiger partial charge in [0.05, 0.1) is 5.69 Å². The Kier molecular flexibility index (Phi) is 4.55. The first-order valence-corrected chi connectivity index (χ1v) is 6.94. The average Bonchev–Trinajstić information content (AvgIpc) is 2.99. The summed E-state index contributed by atoms with van der Waals surface area (Å²) in [7, 11) is 0. The minimum atomic E-state index is -0.150. The molecule has 6 nitrogen and oxygen atoms in total. The van der Waals surface area contributed by atoms with Gasteiger partial charge in [0.2, 0.25) is 0 Å². The lowest BCUT2D eigenvalue weighted by Crippen LogP contribution is -2.34. The number of rotatable bonds is 6. The van der Waals surface area contributed by atoms with Gasteiger partial charge in [-0.1, -0.05) is 13.3 Å². The molecule has 2 heterocycles. The van der Waals surface area contributed by atoms with E-state index in [1.807, 2.05) is 26.0 Å². The Bertz CT molecular complexity index is 572. The van der Waals surface area contributed by atoms with Crippen LogP contribution >= 0.6 is 0 Å². The number of carbonyl (C=O) groups is 1. The highest BCUT2D eigenvalue weighted by molar-refractivity contribution is 5.92. The normalized spacial score (nSPS) is 12.3. The third kappa shape index (κ3) is 3.69. The van der Waals surface area contributed by atoms with Crippen LogP contribution in [-0.4, -0.2) is 32.3 Å². The van der Waals surface area contributed by atoms with Gasteiger partial charge in [-0.25, -0.2) is 0 Å². The van der Waals surface area contributed by atoms with Crippen LogP contribution in [0.2, 0.25) is 0 Å². The van der Waals surface area contributed by atoms with Gasteiger partial charge in [0, 0.05) is 23.9 Å². The SMILES string of the molecule is CCCc1cc(C(=O)N[C@H](C)Cc2cc(C)[nH]n2)n[nH]1. The number of amides is 1. The minimum Gasteiger partial charge on any atom is -0.348 e. The number of carbonyl (C=O) groups excluding carboxylic acids is 1. The van der Waals surface area contributed by atoms with E-state index >= 15 is 0 Å². The number of hydrogen-bond acceptors (Lipinski definition) is 3. The van der Waals surface area contributed by atoms with Crippen molar-refractivity contribution in [2.45, 2.75) is 46.1 Å². The van der Waals surface area contributed by atoms with Crippen molar-refractivity contribution in [1.29, 1.82) is 0 Å². The van der Waals surface area contributed by atoms with Crippen LogP contribution in [0.5, 0.6) is 0 Å². The topological polar surface area (TPSA) is 86.5 Å². The number of H-pyrrole nitrogens is 2. The summed E-state index contributed by atoms with van der Waals surface area (Å²) >= 11 is 0. The van der Waals surface area contributed by atoms with Crippen LogP contribution in [0.25, 0.3) is 0 Å². The Hall–Kier alpha value is -2.11. The molecule has 0 bridgehead atoms. The Morgan fingerprint density at radius 1 is 1.35 bits per heavy atom. The third-order valence-corrected chi connectivity index (χ3v) is 3.03. The van der Waals surface area contributed by atoms with Crippen LogP contribution in [0.15, 0.2) is 12.1 Å². The molecule has 6 heteroatoms. The fraction of sp³-hybridized carbons (Fsp3) is 0.500. The molecule has 0 saturated carbocycles. The number of aryl methyl sites for hydroxylation is 2. The second kappa shape index (κ2) is 6.36. The highest BCUT2D eigenvalue weighted by Crippen LogP contribution is 2.05. The molecular formula is C14H21N5O. The van der Waals surface area contributed by atoms with E-state index in [0.717, 1.165) is 29.9 Å². The summed E-state index contributed by atoms with van der Waals surface area (Å²) in [6, 6.07) is 3.80. The molecule has 2 aromatic rings. The maximum atomic E-state index is 12.0. The molecule has 0 radical (unpaired) electrons. The summed E-state index contributed by atoms with van der Waals surface area (Å²) < 4.78 is 0. The zero-order valence-corrected chi connectivity index (χ0v) is 12.2. The summed E-state index contributed by atoms with van der Waals surface area (Å²) in [5.74, 6) is -0.150. The largest absolute Gasteiger partial charge is 0.348 e. The lowest BCUT2D eigenvalue weighted by molar-refractivity contribution is 0.0935. The second-order valence-corrected chi connectivity index (χ2v) is 5.15. The maximum Gasteiger partial charge on any atom is 0.271 e. The standard InChI is InChI=1S/C14H21N5O/c1-4-5-11-8-13(19-17-11)14(20)15-9(2)6-12-7-10(3)16-18-12/h7-9H,4-6H2,1-3H3,(H,15,20)(H,16,18)(H,17,19)/t9-/m1/s1. The van der Waals surface area contributed by atoms with E-state index in [-0.39, 0.29) is 11.9 Å².